The molecule has 0 aliphatic carbocycles. The highest BCUT2D eigenvalue weighted by Gasteiger charge is 2.07. The largest absolute Gasteiger partial charge is 0.370 e. The second kappa shape index (κ2) is 6.87. The first kappa shape index (κ1) is 14.3. The number of amidine groups is 1. The van der Waals surface area contributed by atoms with E-state index in [0.717, 1.165) is 11.8 Å². The number of halogens is 1. The fraction of sp³-hybridized carbons (Fsp3) is 0.100. The quantitative estimate of drug-likeness (QED) is 0.493. The normalized spacial score (nSPS) is 9.61. The Hall–Kier alpha value is -1.73. The van der Waals surface area contributed by atoms with Crippen LogP contribution in [-0.2, 0) is 4.79 Å². The number of aliphatic imine (C=N–C) groups is 1. The molecule has 8 heteroatoms. The van der Waals surface area contributed by atoms with Crippen molar-refractivity contribution < 1.29 is 4.79 Å². The van der Waals surface area contributed by atoms with E-state index in [1.807, 2.05) is 0 Å². The first-order valence-electron chi connectivity index (χ1n) is 4.84. The molecule has 0 aromatic heterocycles. The lowest BCUT2D eigenvalue weighted by Crippen LogP contribution is -2.24. The highest BCUT2D eigenvalue weighted by atomic mass is 35.5. The summed E-state index contributed by atoms with van der Waals surface area (Å²) in [6.45, 7) is 0. The van der Waals surface area contributed by atoms with Crippen LogP contribution in [0.2, 0.25) is 5.02 Å². The molecule has 0 fully saturated rings. The van der Waals surface area contributed by atoms with E-state index in [0.29, 0.717) is 10.7 Å². The number of benzene rings is 1. The summed E-state index contributed by atoms with van der Waals surface area (Å²) < 4.78 is 0. The van der Waals surface area contributed by atoms with Gasteiger partial charge in [-0.3, -0.25) is 10.2 Å². The molecule has 1 aromatic rings. The van der Waals surface area contributed by atoms with Gasteiger partial charge in [0.2, 0.25) is 5.91 Å². The fourth-order valence-corrected chi connectivity index (χ4v) is 1.73. The molecule has 0 saturated heterocycles. The van der Waals surface area contributed by atoms with Crippen molar-refractivity contribution in [2.24, 2.45) is 16.5 Å². The molecule has 0 radical (unpaired) electrons. The average Bonchev–Trinajstić information content (AvgIpc) is 2.29. The highest BCUT2D eigenvalue weighted by Crippen LogP contribution is 2.20. The molecule has 0 spiro atoms. The topological polar surface area (TPSA) is 117 Å². The smallest absolute Gasteiger partial charge is 0.234 e. The van der Waals surface area contributed by atoms with E-state index in [9.17, 15) is 4.79 Å². The SMILES string of the molecule is N=C(N=C(N)N)SCC(=O)Nc1ccccc1Cl. The Morgan fingerprint density at radius 1 is 1.44 bits per heavy atom. The van der Waals surface area contributed by atoms with E-state index < -0.39 is 0 Å². The van der Waals surface area contributed by atoms with Crippen molar-refractivity contribution in [3.8, 4) is 0 Å². The van der Waals surface area contributed by atoms with Crippen LogP contribution in [0.25, 0.3) is 0 Å². The lowest BCUT2D eigenvalue weighted by molar-refractivity contribution is -0.113. The van der Waals surface area contributed by atoms with Gasteiger partial charge in [0.25, 0.3) is 0 Å². The molecule has 6 nitrogen and oxygen atoms in total. The van der Waals surface area contributed by atoms with Gasteiger partial charge in [-0.1, -0.05) is 35.5 Å². The minimum Gasteiger partial charge on any atom is -0.370 e. The Kier molecular flexibility index (Phi) is 5.47. The van der Waals surface area contributed by atoms with Gasteiger partial charge in [0.05, 0.1) is 16.5 Å². The molecule has 0 aliphatic heterocycles. The molecule has 1 aromatic carbocycles. The van der Waals surface area contributed by atoms with Gasteiger partial charge in [-0.15, -0.1) is 0 Å². The van der Waals surface area contributed by atoms with Crippen LogP contribution in [0.15, 0.2) is 29.3 Å². The van der Waals surface area contributed by atoms with Gasteiger partial charge >= 0.3 is 0 Å². The van der Waals surface area contributed by atoms with Gasteiger partial charge < -0.3 is 16.8 Å². The zero-order valence-corrected chi connectivity index (χ0v) is 10.9. The average molecular weight is 286 g/mol. The predicted octanol–water partition coefficient (Wildman–Crippen LogP) is 1.22. The summed E-state index contributed by atoms with van der Waals surface area (Å²) in [5.41, 5.74) is 10.7. The maximum atomic E-state index is 11.6. The lowest BCUT2D eigenvalue weighted by atomic mass is 10.3. The Bertz CT molecular complexity index is 487. The van der Waals surface area contributed by atoms with Gasteiger partial charge in [0.15, 0.2) is 11.1 Å². The number of rotatable bonds is 3. The van der Waals surface area contributed by atoms with Crippen LogP contribution in [0.1, 0.15) is 0 Å². The van der Waals surface area contributed by atoms with Crippen LogP contribution in [0.4, 0.5) is 5.69 Å². The van der Waals surface area contributed by atoms with Gasteiger partial charge in [0.1, 0.15) is 0 Å². The summed E-state index contributed by atoms with van der Waals surface area (Å²) in [5, 5.41) is 10.3. The maximum absolute atomic E-state index is 11.6. The van der Waals surface area contributed by atoms with E-state index in [1.165, 1.54) is 0 Å². The van der Waals surface area contributed by atoms with Crippen LogP contribution in [-0.4, -0.2) is 22.8 Å². The van der Waals surface area contributed by atoms with Crippen molar-refractivity contribution in [2.75, 3.05) is 11.1 Å². The van der Waals surface area contributed by atoms with E-state index in [1.54, 1.807) is 24.3 Å². The number of amides is 1. The highest BCUT2D eigenvalue weighted by molar-refractivity contribution is 8.14. The third-order valence-electron chi connectivity index (χ3n) is 1.72. The van der Waals surface area contributed by atoms with Gasteiger partial charge in [-0.05, 0) is 12.1 Å². The maximum Gasteiger partial charge on any atom is 0.234 e. The molecule has 0 bridgehead atoms. The molecule has 0 aliphatic rings. The molecule has 0 unspecified atom stereocenters. The van der Waals surface area contributed by atoms with Crippen LogP contribution >= 0.6 is 23.4 Å². The molecule has 0 atom stereocenters. The van der Waals surface area contributed by atoms with Crippen LogP contribution in [0, 0.1) is 5.41 Å². The first-order valence-corrected chi connectivity index (χ1v) is 6.20. The van der Waals surface area contributed by atoms with Crippen molar-refractivity contribution in [3.05, 3.63) is 29.3 Å². The molecule has 6 N–H and O–H groups in total. The minimum atomic E-state index is -0.288. The second-order valence-electron chi connectivity index (χ2n) is 3.16. The summed E-state index contributed by atoms with van der Waals surface area (Å²) >= 11 is 6.80. The van der Waals surface area contributed by atoms with Crippen molar-refractivity contribution in [3.63, 3.8) is 0 Å². The number of hydrogen-bond acceptors (Lipinski definition) is 3. The fourth-order valence-electron chi connectivity index (χ4n) is 1.03. The van der Waals surface area contributed by atoms with Crippen molar-refractivity contribution >= 4 is 46.1 Å². The lowest BCUT2D eigenvalue weighted by Gasteiger charge is -2.06. The van der Waals surface area contributed by atoms with Crippen LogP contribution < -0.4 is 16.8 Å². The van der Waals surface area contributed by atoms with E-state index in [4.69, 9.17) is 28.5 Å². The minimum absolute atomic E-state index is 0.0286. The van der Waals surface area contributed by atoms with E-state index in [2.05, 4.69) is 10.3 Å². The number of para-hydroxylation sites is 1. The molecule has 1 amide bonds. The molecule has 0 heterocycles. The van der Waals surface area contributed by atoms with Gasteiger partial charge in [0, 0.05) is 0 Å². The third-order valence-corrected chi connectivity index (χ3v) is 2.82. The molecule has 18 heavy (non-hydrogen) atoms. The second-order valence-corrected chi connectivity index (χ2v) is 4.53. The summed E-state index contributed by atoms with van der Waals surface area (Å²) in [6, 6.07) is 6.88. The monoisotopic (exact) mass is 285 g/mol. The Morgan fingerprint density at radius 2 is 2.11 bits per heavy atom. The Morgan fingerprint density at radius 3 is 2.72 bits per heavy atom. The van der Waals surface area contributed by atoms with Gasteiger partial charge in [-0.2, -0.15) is 4.99 Å². The third kappa shape index (κ3) is 5.07. The number of guanidine groups is 1. The van der Waals surface area contributed by atoms with Crippen molar-refractivity contribution in [2.45, 2.75) is 0 Å². The molecule has 1 rings (SSSR count). The number of thioether (sulfide) groups is 1. The number of nitrogens with zero attached hydrogens (tertiary/aromatic N) is 1. The van der Waals surface area contributed by atoms with Crippen LogP contribution in [0.5, 0.6) is 0 Å². The van der Waals surface area contributed by atoms with Gasteiger partial charge in [-0.25, -0.2) is 0 Å². The number of hydrogen-bond donors (Lipinski definition) is 4. The number of anilines is 1. The van der Waals surface area contributed by atoms with Crippen molar-refractivity contribution in [1.82, 2.24) is 0 Å². The summed E-state index contributed by atoms with van der Waals surface area (Å²) in [7, 11) is 0. The van der Waals surface area contributed by atoms with Crippen LogP contribution in [0.3, 0.4) is 0 Å². The summed E-state index contributed by atoms with van der Waals surface area (Å²) in [5.74, 6) is -0.469. The zero-order chi connectivity index (χ0) is 13.5. The predicted molar refractivity (Wildman–Crippen MR) is 76.1 cm³/mol. The summed E-state index contributed by atoms with van der Waals surface area (Å²) in [4.78, 5) is 15.0. The first-order chi connectivity index (χ1) is 8.49. The molecule has 0 saturated carbocycles. The number of carbonyl (C=O) groups is 1. The van der Waals surface area contributed by atoms with E-state index in [-0.39, 0.29) is 22.8 Å². The van der Waals surface area contributed by atoms with E-state index >= 15 is 0 Å². The molecular formula is C10H12ClN5OS. The Balaban J connectivity index is 2.46. The molecule has 96 valence electrons. The number of carbonyl (C=O) groups excluding carboxylic acids is 1. The number of nitrogens with one attached hydrogen (secondary N) is 2. The zero-order valence-electron chi connectivity index (χ0n) is 9.31. The molecular weight excluding hydrogens is 274 g/mol. The van der Waals surface area contributed by atoms with Crippen molar-refractivity contribution in [1.29, 1.82) is 5.41 Å². The standard InChI is InChI=1S/C10H12ClN5OS/c11-6-3-1-2-4-7(6)15-8(17)5-18-10(14)16-9(12)13/h1-4H,5H2,(H,15,17)(H5,12,13,14,16). The number of nitrogens with two attached hydrogens (primary N) is 2. The summed E-state index contributed by atoms with van der Waals surface area (Å²) in [6.07, 6.45) is 0. The Labute approximate surface area is 113 Å².